The third-order valence-corrected chi connectivity index (χ3v) is 5.13. The van der Waals surface area contributed by atoms with Crippen molar-refractivity contribution in [2.45, 2.75) is 62.9 Å². The molecular formula is C19H25ClO4. The Kier molecular flexibility index (Phi) is 5.95. The fourth-order valence-electron chi connectivity index (χ4n) is 3.26. The molecule has 2 aliphatic rings. The summed E-state index contributed by atoms with van der Waals surface area (Å²) in [6, 6.07) is 7.24. The number of aliphatic hydroxyl groups is 1. The molecule has 0 amide bonds. The van der Waals surface area contributed by atoms with Crippen LogP contribution in [0.1, 0.15) is 56.6 Å². The van der Waals surface area contributed by atoms with E-state index in [9.17, 15) is 5.11 Å². The van der Waals surface area contributed by atoms with Gasteiger partial charge in [0.1, 0.15) is 6.10 Å². The van der Waals surface area contributed by atoms with Crippen molar-refractivity contribution in [2.24, 2.45) is 0 Å². The lowest BCUT2D eigenvalue weighted by molar-refractivity contribution is -0.486. The number of hydrogen-bond donors (Lipinski definition) is 1. The summed E-state index contributed by atoms with van der Waals surface area (Å²) in [6.45, 7) is 4.54. The lowest BCUT2D eigenvalue weighted by Gasteiger charge is -2.41. The van der Waals surface area contributed by atoms with Gasteiger partial charge in [-0.25, -0.2) is 9.78 Å². The molecule has 0 aromatic heterocycles. The summed E-state index contributed by atoms with van der Waals surface area (Å²) < 4.78 is 5.96. The van der Waals surface area contributed by atoms with Gasteiger partial charge in [-0.15, -0.1) is 0 Å². The minimum atomic E-state index is -0.547. The summed E-state index contributed by atoms with van der Waals surface area (Å²) in [5, 5.41) is 10.9. The highest BCUT2D eigenvalue weighted by atomic mass is 35.5. The van der Waals surface area contributed by atoms with Gasteiger partial charge in [0.05, 0.1) is 12.7 Å². The second-order valence-corrected chi connectivity index (χ2v) is 7.15. The van der Waals surface area contributed by atoms with E-state index in [-0.39, 0.29) is 6.10 Å². The van der Waals surface area contributed by atoms with Crippen molar-refractivity contribution < 1.29 is 19.6 Å². The maximum atomic E-state index is 10.3. The van der Waals surface area contributed by atoms with Crippen LogP contribution in [-0.2, 0) is 14.5 Å². The third kappa shape index (κ3) is 4.38. The quantitative estimate of drug-likeness (QED) is 0.615. The van der Waals surface area contributed by atoms with E-state index in [0.717, 1.165) is 36.8 Å². The van der Waals surface area contributed by atoms with E-state index in [4.69, 9.17) is 26.1 Å². The van der Waals surface area contributed by atoms with Crippen LogP contribution in [0, 0.1) is 0 Å². The Balaban J connectivity index is 1.45. The Bertz CT molecular complexity index is 541. The molecule has 1 aliphatic carbocycles. The molecule has 0 radical (unpaired) electrons. The van der Waals surface area contributed by atoms with Gasteiger partial charge >= 0.3 is 0 Å². The zero-order valence-corrected chi connectivity index (χ0v) is 14.6. The molecule has 1 aromatic carbocycles. The lowest BCUT2D eigenvalue weighted by atomic mass is 9.94. The first-order chi connectivity index (χ1) is 11.6. The predicted octanol–water partition coefficient (Wildman–Crippen LogP) is 4.72. The molecule has 4 nitrogen and oxygen atoms in total. The molecule has 1 aliphatic heterocycles. The van der Waals surface area contributed by atoms with E-state index in [0.29, 0.717) is 24.5 Å². The maximum absolute atomic E-state index is 10.3. The Morgan fingerprint density at radius 2 is 1.96 bits per heavy atom. The Morgan fingerprint density at radius 3 is 2.58 bits per heavy atom. The fraction of sp³-hybridized carbons (Fsp3) is 0.579. The molecule has 1 heterocycles. The average molecular weight is 353 g/mol. The van der Waals surface area contributed by atoms with Crippen LogP contribution in [0.2, 0.25) is 5.02 Å². The molecule has 1 saturated heterocycles. The van der Waals surface area contributed by atoms with Crippen molar-refractivity contribution in [2.75, 3.05) is 6.61 Å². The van der Waals surface area contributed by atoms with Gasteiger partial charge in [-0.2, -0.15) is 0 Å². The highest BCUT2D eigenvalue weighted by molar-refractivity contribution is 6.30. The van der Waals surface area contributed by atoms with Gasteiger partial charge < -0.3 is 9.84 Å². The first-order valence-electron chi connectivity index (χ1n) is 8.68. The van der Waals surface area contributed by atoms with Gasteiger partial charge in [-0.05, 0) is 49.0 Å². The molecule has 2 fully saturated rings. The van der Waals surface area contributed by atoms with Gasteiger partial charge in [0.25, 0.3) is 0 Å². The van der Waals surface area contributed by atoms with Crippen LogP contribution in [0.25, 0.3) is 0 Å². The molecule has 24 heavy (non-hydrogen) atoms. The largest absolute Gasteiger partial charge is 0.388 e. The van der Waals surface area contributed by atoms with Crippen molar-refractivity contribution in [3.63, 3.8) is 0 Å². The van der Waals surface area contributed by atoms with Gasteiger partial charge in [0.15, 0.2) is 0 Å². The van der Waals surface area contributed by atoms with E-state index in [2.05, 4.69) is 6.58 Å². The van der Waals surface area contributed by atoms with Crippen LogP contribution in [-0.4, -0.2) is 23.6 Å². The van der Waals surface area contributed by atoms with Crippen LogP contribution >= 0.6 is 11.6 Å². The highest BCUT2D eigenvalue weighted by Crippen LogP contribution is 2.37. The number of hydrogen-bond acceptors (Lipinski definition) is 4. The second kappa shape index (κ2) is 7.98. The van der Waals surface area contributed by atoms with Crippen molar-refractivity contribution in [1.29, 1.82) is 0 Å². The van der Waals surface area contributed by atoms with Gasteiger partial charge in [-0.1, -0.05) is 36.7 Å². The third-order valence-electron chi connectivity index (χ3n) is 4.88. The molecule has 1 spiro atoms. The number of benzene rings is 1. The van der Waals surface area contributed by atoms with Crippen molar-refractivity contribution in [1.82, 2.24) is 0 Å². The van der Waals surface area contributed by atoms with Gasteiger partial charge in [0.2, 0.25) is 5.79 Å². The number of rotatable bonds is 5. The molecule has 2 atom stereocenters. The summed E-state index contributed by atoms with van der Waals surface area (Å²) in [5.41, 5.74) is 1.74. The number of aliphatic hydroxyl groups excluding tert-OH is 1. The van der Waals surface area contributed by atoms with Crippen LogP contribution in [0.3, 0.4) is 0 Å². The summed E-state index contributed by atoms with van der Waals surface area (Å²) >= 11 is 5.87. The minimum absolute atomic E-state index is 0.269. The van der Waals surface area contributed by atoms with Gasteiger partial charge in [0, 0.05) is 17.9 Å². The molecule has 1 aromatic rings. The zero-order valence-electron chi connectivity index (χ0n) is 13.9. The summed E-state index contributed by atoms with van der Waals surface area (Å²) in [6.07, 6.45) is 5.64. The van der Waals surface area contributed by atoms with Gasteiger partial charge in [-0.3, -0.25) is 0 Å². The number of ether oxygens (including phenoxy) is 1. The van der Waals surface area contributed by atoms with Crippen LogP contribution in [0.5, 0.6) is 0 Å². The first kappa shape index (κ1) is 17.9. The fourth-order valence-corrected chi connectivity index (χ4v) is 3.39. The second-order valence-electron chi connectivity index (χ2n) is 6.71. The van der Waals surface area contributed by atoms with E-state index >= 15 is 0 Å². The van der Waals surface area contributed by atoms with Crippen molar-refractivity contribution in [3.8, 4) is 0 Å². The smallest absolute Gasteiger partial charge is 0.201 e. The highest BCUT2D eigenvalue weighted by Gasteiger charge is 2.40. The minimum Gasteiger partial charge on any atom is -0.388 e. The molecule has 0 bridgehead atoms. The predicted molar refractivity (Wildman–Crippen MR) is 92.5 cm³/mol. The number of halogens is 1. The summed E-state index contributed by atoms with van der Waals surface area (Å²) in [7, 11) is 0. The normalized spacial score (nSPS) is 24.7. The molecule has 5 heteroatoms. The molecule has 3 rings (SSSR count). The molecular weight excluding hydrogens is 328 g/mol. The molecule has 1 saturated carbocycles. The molecule has 2 unspecified atom stereocenters. The Hall–Kier alpha value is -0.910. The SMILES string of the molecule is C=C(CCC(O)c1ccc(Cl)cc1)C1COC2(CCCCC2)OO1. The van der Waals surface area contributed by atoms with E-state index < -0.39 is 11.9 Å². The van der Waals surface area contributed by atoms with E-state index in [1.54, 1.807) is 12.1 Å². The van der Waals surface area contributed by atoms with E-state index in [1.165, 1.54) is 6.42 Å². The van der Waals surface area contributed by atoms with Crippen LogP contribution in [0.4, 0.5) is 0 Å². The van der Waals surface area contributed by atoms with Crippen LogP contribution in [0.15, 0.2) is 36.4 Å². The monoisotopic (exact) mass is 352 g/mol. The lowest BCUT2D eigenvalue weighted by Crippen LogP contribution is -2.46. The molecule has 1 N–H and O–H groups in total. The van der Waals surface area contributed by atoms with Crippen molar-refractivity contribution >= 4 is 11.6 Å². The summed E-state index contributed by atoms with van der Waals surface area (Å²) in [5.74, 6) is -0.544. The Morgan fingerprint density at radius 1 is 1.25 bits per heavy atom. The van der Waals surface area contributed by atoms with E-state index in [1.807, 2.05) is 12.1 Å². The molecule has 132 valence electrons. The zero-order chi connectivity index (χ0) is 17.0. The average Bonchev–Trinajstić information content (AvgIpc) is 2.61. The van der Waals surface area contributed by atoms with Crippen LogP contribution < -0.4 is 0 Å². The standard InChI is InChI=1S/C19H25ClO4/c1-14(5-10-17(21)15-6-8-16(20)9-7-15)18-13-22-19(24-23-18)11-3-2-4-12-19/h6-9,17-18,21H,1-5,10-13H2. The maximum Gasteiger partial charge on any atom is 0.201 e. The topological polar surface area (TPSA) is 47.9 Å². The van der Waals surface area contributed by atoms with Crippen molar-refractivity contribution in [3.05, 3.63) is 47.0 Å². The Labute approximate surface area is 148 Å². The summed E-state index contributed by atoms with van der Waals surface area (Å²) in [4.78, 5) is 11.1. The first-order valence-corrected chi connectivity index (χ1v) is 9.05.